The van der Waals surface area contributed by atoms with Crippen molar-refractivity contribution in [2.75, 3.05) is 23.7 Å². The van der Waals surface area contributed by atoms with E-state index < -0.39 is 0 Å². The highest BCUT2D eigenvalue weighted by atomic mass is 16.2. The molecule has 0 bridgehead atoms. The van der Waals surface area contributed by atoms with E-state index in [9.17, 15) is 9.59 Å². The third kappa shape index (κ3) is 6.50. The fourth-order valence-corrected chi connectivity index (χ4v) is 3.72. The van der Waals surface area contributed by atoms with Crippen molar-refractivity contribution in [2.24, 2.45) is 0 Å². The van der Waals surface area contributed by atoms with E-state index in [-0.39, 0.29) is 23.9 Å². The summed E-state index contributed by atoms with van der Waals surface area (Å²) in [5.41, 5.74) is 5.60. The minimum absolute atomic E-state index is 0.0612. The zero-order valence-electron chi connectivity index (χ0n) is 21.9. The normalized spacial score (nSPS) is 11.3. The van der Waals surface area contributed by atoms with Gasteiger partial charge >= 0.3 is 6.03 Å². The molecular weight excluding hydrogens is 438 g/mol. The first-order valence-corrected chi connectivity index (χ1v) is 12.1. The van der Waals surface area contributed by atoms with Crippen LogP contribution in [0.4, 0.5) is 16.3 Å². The van der Waals surface area contributed by atoms with E-state index >= 15 is 0 Å². The lowest BCUT2D eigenvalue weighted by atomic mass is 9.92. The van der Waals surface area contributed by atoms with E-state index in [4.69, 9.17) is 5.10 Å². The number of urea groups is 1. The molecular formula is C28H37N5O2. The van der Waals surface area contributed by atoms with Crippen molar-refractivity contribution < 1.29 is 9.59 Å². The van der Waals surface area contributed by atoms with Gasteiger partial charge in [-0.25, -0.2) is 9.48 Å². The van der Waals surface area contributed by atoms with Gasteiger partial charge in [-0.3, -0.25) is 4.79 Å². The van der Waals surface area contributed by atoms with E-state index in [0.29, 0.717) is 18.1 Å². The monoisotopic (exact) mass is 475 g/mol. The highest BCUT2D eigenvalue weighted by Crippen LogP contribution is 2.27. The third-order valence-corrected chi connectivity index (χ3v) is 5.96. The molecule has 0 aliphatic rings. The fraction of sp³-hybridized carbons (Fsp3) is 0.393. The molecule has 0 radical (unpaired) electrons. The smallest absolute Gasteiger partial charge is 0.315 e. The lowest BCUT2D eigenvalue weighted by molar-refractivity contribution is -0.116. The van der Waals surface area contributed by atoms with Crippen LogP contribution < -0.4 is 10.6 Å². The Hall–Kier alpha value is -3.61. The summed E-state index contributed by atoms with van der Waals surface area (Å²) in [5, 5.41) is 10.7. The predicted octanol–water partition coefficient (Wildman–Crippen LogP) is 5.98. The molecule has 3 aromatic rings. The summed E-state index contributed by atoms with van der Waals surface area (Å²) in [6, 6.07) is 15.3. The van der Waals surface area contributed by atoms with Crippen molar-refractivity contribution >= 4 is 23.4 Å². The Balaban J connectivity index is 1.80. The molecule has 0 saturated heterocycles. The Kier molecular flexibility index (Phi) is 7.99. The van der Waals surface area contributed by atoms with Gasteiger partial charge in [-0.2, -0.15) is 5.10 Å². The number of rotatable bonds is 7. The molecule has 0 aliphatic carbocycles. The SMILES string of the molecule is CCCN(CC(=O)Nc1cc(C(C)(C)C)nn1-c1ccccc1C)C(=O)Nc1ccc(C)c(C)c1. The van der Waals surface area contributed by atoms with Gasteiger partial charge in [0, 0.05) is 23.7 Å². The van der Waals surface area contributed by atoms with Gasteiger partial charge < -0.3 is 15.5 Å². The maximum absolute atomic E-state index is 13.1. The second kappa shape index (κ2) is 10.8. The average Bonchev–Trinajstić information content (AvgIpc) is 3.20. The average molecular weight is 476 g/mol. The largest absolute Gasteiger partial charge is 0.322 e. The Morgan fingerprint density at radius 1 is 0.943 bits per heavy atom. The molecule has 0 spiro atoms. The zero-order valence-corrected chi connectivity index (χ0v) is 21.9. The Morgan fingerprint density at radius 2 is 1.66 bits per heavy atom. The fourth-order valence-electron chi connectivity index (χ4n) is 3.72. The van der Waals surface area contributed by atoms with E-state index in [1.165, 1.54) is 4.90 Å². The number of aromatic nitrogens is 2. The maximum Gasteiger partial charge on any atom is 0.322 e. The van der Waals surface area contributed by atoms with Crippen molar-refractivity contribution in [1.29, 1.82) is 0 Å². The van der Waals surface area contributed by atoms with Gasteiger partial charge in [-0.05, 0) is 62.1 Å². The first-order valence-electron chi connectivity index (χ1n) is 12.1. The molecule has 0 unspecified atom stereocenters. The van der Waals surface area contributed by atoms with Crippen LogP contribution in [0.3, 0.4) is 0 Å². The molecule has 0 atom stereocenters. The zero-order chi connectivity index (χ0) is 25.8. The number of carbonyl (C=O) groups is 2. The van der Waals surface area contributed by atoms with Crippen molar-refractivity contribution in [3.05, 3.63) is 70.9 Å². The van der Waals surface area contributed by atoms with Crippen molar-refractivity contribution in [3.8, 4) is 5.69 Å². The van der Waals surface area contributed by atoms with Gasteiger partial charge in [-0.15, -0.1) is 0 Å². The molecule has 0 saturated carbocycles. The number of anilines is 2. The summed E-state index contributed by atoms with van der Waals surface area (Å²) in [4.78, 5) is 27.6. The molecule has 1 heterocycles. The Morgan fingerprint density at radius 3 is 2.29 bits per heavy atom. The molecule has 7 heteroatoms. The second-order valence-electron chi connectivity index (χ2n) is 10.1. The van der Waals surface area contributed by atoms with Gasteiger partial charge in [0.2, 0.25) is 5.91 Å². The van der Waals surface area contributed by atoms with Gasteiger partial charge in [0.1, 0.15) is 12.4 Å². The number of amides is 3. The molecule has 7 nitrogen and oxygen atoms in total. The van der Waals surface area contributed by atoms with E-state index in [1.807, 2.05) is 76.2 Å². The number of nitrogens with one attached hydrogen (secondary N) is 2. The first kappa shape index (κ1) is 26.0. The van der Waals surface area contributed by atoms with Gasteiger partial charge in [0.15, 0.2) is 0 Å². The van der Waals surface area contributed by atoms with Crippen LogP contribution in [0.5, 0.6) is 0 Å². The molecule has 2 aromatic carbocycles. The van der Waals surface area contributed by atoms with Crippen LogP contribution in [-0.4, -0.2) is 39.7 Å². The van der Waals surface area contributed by atoms with Gasteiger partial charge in [0.05, 0.1) is 11.4 Å². The molecule has 0 fully saturated rings. The first-order chi connectivity index (χ1) is 16.5. The summed E-state index contributed by atoms with van der Waals surface area (Å²) in [6.07, 6.45) is 0.739. The summed E-state index contributed by atoms with van der Waals surface area (Å²) in [7, 11) is 0. The van der Waals surface area contributed by atoms with Gasteiger partial charge in [0.25, 0.3) is 0 Å². The lowest BCUT2D eigenvalue weighted by Gasteiger charge is -2.22. The number of nitrogens with zero attached hydrogens (tertiary/aromatic N) is 3. The van der Waals surface area contributed by atoms with Crippen LogP contribution in [0.15, 0.2) is 48.5 Å². The molecule has 0 aliphatic heterocycles. The molecule has 186 valence electrons. The van der Waals surface area contributed by atoms with E-state index in [1.54, 1.807) is 4.68 Å². The predicted molar refractivity (Wildman–Crippen MR) is 142 cm³/mol. The third-order valence-electron chi connectivity index (χ3n) is 5.96. The molecule has 35 heavy (non-hydrogen) atoms. The number of carbonyl (C=O) groups excluding carboxylic acids is 2. The second-order valence-corrected chi connectivity index (χ2v) is 10.1. The number of aryl methyl sites for hydroxylation is 3. The molecule has 3 rings (SSSR count). The molecule has 3 amide bonds. The van der Waals surface area contributed by atoms with Crippen molar-refractivity contribution in [3.63, 3.8) is 0 Å². The number of benzene rings is 2. The Bertz CT molecular complexity index is 1210. The van der Waals surface area contributed by atoms with Crippen molar-refractivity contribution in [2.45, 2.75) is 60.3 Å². The standard InChI is InChI=1S/C28H37N5O2/c1-8-15-32(27(35)29-22-14-13-19(2)21(4)16-22)18-26(34)30-25-17-24(28(5,6)7)31-33(25)23-12-10-9-11-20(23)3/h9-14,16-17H,8,15,18H2,1-7H3,(H,29,35)(H,30,34). The minimum atomic E-state index is -0.298. The van der Waals surface area contributed by atoms with E-state index in [0.717, 1.165) is 34.5 Å². The molecule has 2 N–H and O–H groups in total. The Labute approximate surface area is 208 Å². The molecule has 1 aromatic heterocycles. The minimum Gasteiger partial charge on any atom is -0.315 e. The van der Waals surface area contributed by atoms with Crippen LogP contribution in [0.25, 0.3) is 5.69 Å². The number of hydrogen-bond acceptors (Lipinski definition) is 3. The van der Waals surface area contributed by atoms with Crippen molar-refractivity contribution in [1.82, 2.24) is 14.7 Å². The summed E-state index contributed by atoms with van der Waals surface area (Å²) in [6.45, 7) is 14.7. The highest BCUT2D eigenvalue weighted by molar-refractivity contribution is 5.96. The quantitative estimate of drug-likeness (QED) is 0.441. The van der Waals surface area contributed by atoms with Crippen LogP contribution in [0.2, 0.25) is 0 Å². The van der Waals surface area contributed by atoms with Crippen LogP contribution >= 0.6 is 0 Å². The number of hydrogen-bond donors (Lipinski definition) is 2. The maximum atomic E-state index is 13.1. The lowest BCUT2D eigenvalue weighted by Crippen LogP contribution is -2.41. The topological polar surface area (TPSA) is 79.3 Å². The summed E-state index contributed by atoms with van der Waals surface area (Å²) >= 11 is 0. The van der Waals surface area contributed by atoms with Crippen LogP contribution in [0, 0.1) is 20.8 Å². The van der Waals surface area contributed by atoms with Crippen LogP contribution in [-0.2, 0) is 10.2 Å². The highest BCUT2D eigenvalue weighted by Gasteiger charge is 2.23. The summed E-state index contributed by atoms with van der Waals surface area (Å²) < 4.78 is 1.77. The van der Waals surface area contributed by atoms with Crippen LogP contribution in [0.1, 0.15) is 56.5 Å². The summed E-state index contributed by atoms with van der Waals surface area (Å²) in [5.74, 6) is 0.309. The van der Waals surface area contributed by atoms with Gasteiger partial charge in [-0.1, -0.05) is 52.0 Å². The van der Waals surface area contributed by atoms with E-state index in [2.05, 4.69) is 31.4 Å². The number of para-hydroxylation sites is 1.